The quantitative estimate of drug-likeness (QED) is 0.545. The lowest BCUT2D eigenvalue weighted by molar-refractivity contribution is -0.147. The monoisotopic (exact) mass is 240 g/mol. The number of carbonyl (C=O) groups excluding carboxylic acids is 2. The van der Waals surface area contributed by atoms with Crippen molar-refractivity contribution in [3.05, 3.63) is 12.2 Å². The second-order valence-corrected chi connectivity index (χ2v) is 4.26. The normalized spacial score (nSPS) is 24.8. The number of ether oxygens (including phenoxy) is 2. The smallest absolute Gasteiger partial charge is 0.308 e. The maximum atomic E-state index is 11.4. The summed E-state index contributed by atoms with van der Waals surface area (Å²) < 4.78 is 10.3. The highest BCUT2D eigenvalue weighted by molar-refractivity contribution is 5.89. The minimum atomic E-state index is -0.254. The van der Waals surface area contributed by atoms with Crippen LogP contribution in [-0.2, 0) is 19.1 Å². The van der Waals surface area contributed by atoms with Crippen LogP contribution in [0.3, 0.4) is 0 Å². The van der Waals surface area contributed by atoms with Crippen molar-refractivity contribution in [3.63, 3.8) is 0 Å². The molecule has 0 bridgehead atoms. The molecule has 0 amide bonds. The van der Waals surface area contributed by atoms with Gasteiger partial charge in [0.15, 0.2) is 5.78 Å². The molecule has 0 aromatic heterocycles. The summed E-state index contributed by atoms with van der Waals surface area (Å²) >= 11 is 0. The molecule has 1 aliphatic rings. The van der Waals surface area contributed by atoms with Crippen molar-refractivity contribution in [2.24, 2.45) is 0 Å². The number of methoxy groups -OCH3 is 1. The molecule has 0 saturated carbocycles. The van der Waals surface area contributed by atoms with Crippen molar-refractivity contribution in [2.75, 3.05) is 7.11 Å². The molecule has 1 rings (SSSR count). The van der Waals surface area contributed by atoms with Gasteiger partial charge in [-0.2, -0.15) is 0 Å². The minimum absolute atomic E-state index is 0.0536. The Hall–Kier alpha value is -1.16. The third-order valence-corrected chi connectivity index (χ3v) is 2.84. The summed E-state index contributed by atoms with van der Waals surface area (Å²) in [6.45, 7) is 1.82. The molecule has 1 aliphatic heterocycles. The molecule has 0 unspecified atom stereocenters. The average molecular weight is 240 g/mol. The number of allylic oxidation sites excluding steroid dienone is 2. The van der Waals surface area contributed by atoms with Gasteiger partial charge in [0.1, 0.15) is 0 Å². The number of hydrogen-bond acceptors (Lipinski definition) is 4. The third-order valence-electron chi connectivity index (χ3n) is 2.84. The molecule has 1 saturated heterocycles. The molecule has 0 N–H and O–H groups in total. The van der Waals surface area contributed by atoms with Gasteiger partial charge in [0.2, 0.25) is 0 Å². The van der Waals surface area contributed by atoms with Gasteiger partial charge >= 0.3 is 5.97 Å². The van der Waals surface area contributed by atoms with Gasteiger partial charge < -0.3 is 9.47 Å². The molecule has 0 aromatic rings. The molecule has 96 valence electrons. The number of ketones is 1. The van der Waals surface area contributed by atoms with E-state index in [0.29, 0.717) is 6.42 Å². The van der Waals surface area contributed by atoms with Gasteiger partial charge in [-0.15, -0.1) is 0 Å². The van der Waals surface area contributed by atoms with E-state index in [4.69, 9.17) is 4.74 Å². The Kier molecular flexibility index (Phi) is 5.91. The lowest BCUT2D eigenvalue weighted by Crippen LogP contribution is -2.31. The number of hydrogen-bond donors (Lipinski definition) is 0. The Bertz CT molecular complexity index is 296. The number of carbonyl (C=O) groups is 2. The molecule has 4 nitrogen and oxygen atoms in total. The zero-order chi connectivity index (χ0) is 12.7. The van der Waals surface area contributed by atoms with Gasteiger partial charge in [-0.3, -0.25) is 9.59 Å². The van der Waals surface area contributed by atoms with E-state index in [9.17, 15) is 9.59 Å². The van der Waals surface area contributed by atoms with Crippen LogP contribution < -0.4 is 0 Å². The number of esters is 1. The summed E-state index contributed by atoms with van der Waals surface area (Å²) in [5.74, 6) is -0.174. The molecule has 0 aliphatic carbocycles. The molecule has 1 fully saturated rings. The first-order chi connectivity index (χ1) is 8.15. The van der Waals surface area contributed by atoms with Crippen LogP contribution in [0.5, 0.6) is 0 Å². The molecule has 1 heterocycles. The molecule has 0 aromatic carbocycles. The fourth-order valence-corrected chi connectivity index (χ4v) is 2.03. The van der Waals surface area contributed by atoms with Crippen LogP contribution in [0.15, 0.2) is 12.2 Å². The van der Waals surface area contributed by atoms with Crippen LogP contribution in [0.2, 0.25) is 0 Å². The van der Waals surface area contributed by atoms with Crippen LogP contribution in [0, 0.1) is 0 Å². The van der Waals surface area contributed by atoms with Crippen molar-refractivity contribution in [1.29, 1.82) is 0 Å². The zero-order valence-electron chi connectivity index (χ0n) is 10.5. The van der Waals surface area contributed by atoms with Crippen LogP contribution >= 0.6 is 0 Å². The van der Waals surface area contributed by atoms with Crippen LogP contribution in [0.25, 0.3) is 0 Å². The minimum Gasteiger partial charge on any atom is -0.469 e. The maximum absolute atomic E-state index is 11.4. The van der Waals surface area contributed by atoms with Gasteiger partial charge in [-0.05, 0) is 32.3 Å². The van der Waals surface area contributed by atoms with E-state index >= 15 is 0 Å². The SMILES string of the molecule is C/C=C/C(=O)C[C@H]1CCC[C@@H](CC(=O)OC)O1. The summed E-state index contributed by atoms with van der Waals surface area (Å²) in [5.41, 5.74) is 0. The Labute approximate surface area is 102 Å². The van der Waals surface area contributed by atoms with Crippen LogP contribution in [-0.4, -0.2) is 31.1 Å². The van der Waals surface area contributed by atoms with Crippen molar-refractivity contribution < 1.29 is 19.1 Å². The first-order valence-corrected chi connectivity index (χ1v) is 6.03. The van der Waals surface area contributed by atoms with Crippen molar-refractivity contribution in [1.82, 2.24) is 0 Å². The first kappa shape index (κ1) is 13.9. The maximum Gasteiger partial charge on any atom is 0.308 e. The predicted octanol–water partition coefficient (Wildman–Crippen LogP) is 2.02. The van der Waals surface area contributed by atoms with Gasteiger partial charge in [-0.1, -0.05) is 6.08 Å². The standard InChI is InChI=1S/C13H20O4/c1-3-5-10(14)8-11-6-4-7-12(17-11)9-13(15)16-2/h3,5,11-12H,4,6-9H2,1-2H3/b5-3+/t11-,12+/m1/s1. The van der Waals surface area contributed by atoms with Crippen LogP contribution in [0.4, 0.5) is 0 Å². The molecule has 0 radical (unpaired) electrons. The van der Waals surface area contributed by atoms with Crippen molar-refractivity contribution in [2.45, 2.75) is 51.2 Å². The molecule has 2 atom stereocenters. The van der Waals surface area contributed by atoms with E-state index in [0.717, 1.165) is 19.3 Å². The highest BCUT2D eigenvalue weighted by Gasteiger charge is 2.25. The highest BCUT2D eigenvalue weighted by Crippen LogP contribution is 2.23. The summed E-state index contributed by atoms with van der Waals surface area (Å²) in [6, 6.07) is 0. The molecule has 4 heteroatoms. The number of rotatable bonds is 5. The Morgan fingerprint density at radius 3 is 2.53 bits per heavy atom. The summed E-state index contributed by atoms with van der Waals surface area (Å²) in [5, 5.41) is 0. The Morgan fingerprint density at radius 1 is 1.29 bits per heavy atom. The summed E-state index contributed by atoms with van der Waals surface area (Å²) in [7, 11) is 1.37. The van der Waals surface area contributed by atoms with E-state index in [2.05, 4.69) is 4.74 Å². The fourth-order valence-electron chi connectivity index (χ4n) is 2.03. The fraction of sp³-hybridized carbons (Fsp3) is 0.692. The van der Waals surface area contributed by atoms with Crippen molar-refractivity contribution in [3.8, 4) is 0 Å². The summed E-state index contributed by atoms with van der Waals surface area (Å²) in [6.07, 6.45) is 6.58. The zero-order valence-corrected chi connectivity index (χ0v) is 10.5. The van der Waals surface area contributed by atoms with Gasteiger partial charge in [0, 0.05) is 6.42 Å². The molecule has 0 spiro atoms. The largest absolute Gasteiger partial charge is 0.469 e. The van der Waals surface area contributed by atoms with E-state index in [1.807, 2.05) is 6.92 Å². The van der Waals surface area contributed by atoms with Gasteiger partial charge in [0.05, 0.1) is 25.7 Å². The third kappa shape index (κ3) is 5.13. The van der Waals surface area contributed by atoms with E-state index < -0.39 is 0 Å². The van der Waals surface area contributed by atoms with Gasteiger partial charge in [0.25, 0.3) is 0 Å². The molecule has 17 heavy (non-hydrogen) atoms. The second kappa shape index (κ2) is 7.22. The Morgan fingerprint density at radius 2 is 1.94 bits per heavy atom. The van der Waals surface area contributed by atoms with E-state index in [-0.39, 0.29) is 30.4 Å². The summed E-state index contributed by atoms with van der Waals surface area (Å²) in [4.78, 5) is 22.6. The van der Waals surface area contributed by atoms with E-state index in [1.54, 1.807) is 12.2 Å². The highest BCUT2D eigenvalue weighted by atomic mass is 16.5. The second-order valence-electron chi connectivity index (χ2n) is 4.26. The van der Waals surface area contributed by atoms with Crippen LogP contribution in [0.1, 0.15) is 39.0 Å². The van der Waals surface area contributed by atoms with Gasteiger partial charge in [-0.25, -0.2) is 0 Å². The molecular formula is C13H20O4. The average Bonchev–Trinajstić information content (AvgIpc) is 2.29. The van der Waals surface area contributed by atoms with Crippen molar-refractivity contribution >= 4 is 11.8 Å². The van der Waals surface area contributed by atoms with E-state index in [1.165, 1.54) is 7.11 Å². The predicted molar refractivity (Wildman–Crippen MR) is 63.6 cm³/mol. The topological polar surface area (TPSA) is 52.6 Å². The molecular weight excluding hydrogens is 220 g/mol. The lowest BCUT2D eigenvalue weighted by atomic mass is 9.99. The Balaban J connectivity index is 2.38. The lowest BCUT2D eigenvalue weighted by Gasteiger charge is -2.28. The first-order valence-electron chi connectivity index (χ1n) is 6.03.